The van der Waals surface area contributed by atoms with E-state index in [-0.39, 0.29) is 11.0 Å². The molecule has 1 spiro atoms. The average molecular weight is 245 g/mol. The van der Waals surface area contributed by atoms with Crippen LogP contribution in [0.4, 0.5) is 0 Å². The molecule has 2 rings (SSSR count). The Kier molecular flexibility index (Phi) is 3.77. The van der Waals surface area contributed by atoms with E-state index in [1.165, 1.54) is 6.42 Å². The SMILES string of the molecule is COC1CCCCC12NC(C(=O)O)CCS2. The van der Waals surface area contributed by atoms with Crippen LogP contribution in [0.2, 0.25) is 0 Å². The van der Waals surface area contributed by atoms with Crippen LogP contribution in [0.3, 0.4) is 0 Å². The van der Waals surface area contributed by atoms with Gasteiger partial charge in [0.1, 0.15) is 6.04 Å². The van der Waals surface area contributed by atoms with Gasteiger partial charge in [0.05, 0.1) is 11.0 Å². The van der Waals surface area contributed by atoms with Gasteiger partial charge in [0.15, 0.2) is 0 Å². The number of hydrogen-bond acceptors (Lipinski definition) is 4. The largest absolute Gasteiger partial charge is 0.480 e. The fourth-order valence-electron chi connectivity index (χ4n) is 2.70. The van der Waals surface area contributed by atoms with E-state index in [1.54, 1.807) is 7.11 Å². The quantitative estimate of drug-likeness (QED) is 0.771. The van der Waals surface area contributed by atoms with Gasteiger partial charge in [-0.25, -0.2) is 0 Å². The lowest BCUT2D eigenvalue weighted by Crippen LogP contribution is -2.61. The van der Waals surface area contributed by atoms with E-state index in [4.69, 9.17) is 9.84 Å². The number of hydrogen-bond donors (Lipinski definition) is 2. The fraction of sp³-hybridized carbons (Fsp3) is 0.909. The van der Waals surface area contributed by atoms with Crippen LogP contribution < -0.4 is 5.32 Å². The summed E-state index contributed by atoms with van der Waals surface area (Å²) in [6.07, 6.45) is 5.24. The molecule has 92 valence electrons. The molecule has 0 amide bonds. The van der Waals surface area contributed by atoms with Gasteiger partial charge in [-0.3, -0.25) is 10.1 Å². The maximum Gasteiger partial charge on any atom is 0.320 e. The summed E-state index contributed by atoms with van der Waals surface area (Å²) >= 11 is 1.84. The molecule has 0 bridgehead atoms. The molecule has 4 nitrogen and oxygen atoms in total. The molecule has 1 aliphatic heterocycles. The second kappa shape index (κ2) is 4.94. The normalized spacial score (nSPS) is 39.8. The van der Waals surface area contributed by atoms with Crippen molar-refractivity contribution >= 4 is 17.7 Å². The molecule has 5 heteroatoms. The fourth-order valence-corrected chi connectivity index (χ4v) is 4.33. The molecular weight excluding hydrogens is 226 g/mol. The van der Waals surface area contributed by atoms with Crippen molar-refractivity contribution in [2.45, 2.75) is 49.1 Å². The Bertz CT molecular complexity index is 270. The number of carboxylic acid groups (broad SMARTS) is 1. The number of aliphatic carboxylic acids is 1. The number of carbonyl (C=O) groups is 1. The molecule has 0 aromatic heterocycles. The lowest BCUT2D eigenvalue weighted by molar-refractivity contribution is -0.140. The lowest BCUT2D eigenvalue weighted by atomic mass is 9.90. The maximum absolute atomic E-state index is 11.1. The minimum Gasteiger partial charge on any atom is -0.480 e. The molecule has 3 atom stereocenters. The summed E-state index contributed by atoms with van der Waals surface area (Å²) < 4.78 is 5.54. The van der Waals surface area contributed by atoms with Gasteiger partial charge >= 0.3 is 5.97 Å². The predicted octanol–water partition coefficient (Wildman–Crippen LogP) is 1.45. The van der Waals surface area contributed by atoms with Crippen LogP contribution in [-0.2, 0) is 9.53 Å². The van der Waals surface area contributed by atoms with E-state index >= 15 is 0 Å². The van der Waals surface area contributed by atoms with E-state index in [9.17, 15) is 4.79 Å². The number of rotatable bonds is 2. The number of methoxy groups -OCH3 is 1. The third-order valence-corrected chi connectivity index (χ3v) is 5.09. The summed E-state index contributed by atoms with van der Waals surface area (Å²) in [6, 6.07) is -0.406. The highest BCUT2D eigenvalue weighted by Gasteiger charge is 2.46. The van der Waals surface area contributed by atoms with Gasteiger partial charge in [0.25, 0.3) is 0 Å². The van der Waals surface area contributed by atoms with Crippen molar-refractivity contribution in [3.8, 4) is 0 Å². The Morgan fingerprint density at radius 2 is 2.31 bits per heavy atom. The van der Waals surface area contributed by atoms with Crippen LogP contribution >= 0.6 is 11.8 Å². The zero-order valence-electron chi connectivity index (χ0n) is 9.57. The summed E-state index contributed by atoms with van der Waals surface area (Å²) in [5, 5.41) is 12.4. The molecule has 1 aliphatic carbocycles. The molecule has 2 aliphatic rings. The number of carboxylic acids is 1. The Morgan fingerprint density at radius 3 is 3.00 bits per heavy atom. The smallest absolute Gasteiger partial charge is 0.320 e. The first-order valence-corrected chi connectivity index (χ1v) is 6.84. The van der Waals surface area contributed by atoms with Gasteiger partial charge < -0.3 is 9.84 Å². The van der Waals surface area contributed by atoms with Crippen molar-refractivity contribution in [2.24, 2.45) is 0 Å². The van der Waals surface area contributed by atoms with E-state index in [0.29, 0.717) is 6.42 Å². The summed E-state index contributed by atoms with van der Waals surface area (Å²) in [4.78, 5) is 10.9. The van der Waals surface area contributed by atoms with E-state index in [2.05, 4.69) is 5.32 Å². The van der Waals surface area contributed by atoms with Gasteiger partial charge in [-0.15, -0.1) is 11.8 Å². The van der Waals surface area contributed by atoms with Crippen molar-refractivity contribution in [3.63, 3.8) is 0 Å². The van der Waals surface area contributed by atoms with E-state index < -0.39 is 12.0 Å². The van der Waals surface area contributed by atoms with E-state index in [0.717, 1.165) is 25.0 Å². The first-order chi connectivity index (χ1) is 7.68. The van der Waals surface area contributed by atoms with Crippen LogP contribution in [0.5, 0.6) is 0 Å². The molecule has 1 saturated carbocycles. The second-order valence-electron chi connectivity index (χ2n) is 4.53. The highest BCUT2D eigenvalue weighted by atomic mass is 32.2. The minimum atomic E-state index is -0.736. The third kappa shape index (κ3) is 2.21. The summed E-state index contributed by atoms with van der Waals surface area (Å²) in [5.41, 5.74) is 0. The molecule has 0 aromatic rings. The van der Waals surface area contributed by atoms with Crippen molar-refractivity contribution in [3.05, 3.63) is 0 Å². The maximum atomic E-state index is 11.1. The number of ether oxygens (including phenoxy) is 1. The monoisotopic (exact) mass is 245 g/mol. The standard InChI is InChI=1S/C11H19NO3S/c1-15-9-4-2-3-6-11(9)12-8(10(13)14)5-7-16-11/h8-9,12H,2-7H2,1H3,(H,13,14). The minimum absolute atomic E-state index is 0.147. The lowest BCUT2D eigenvalue weighted by Gasteiger charge is -2.47. The summed E-state index contributed by atoms with van der Waals surface area (Å²) in [6.45, 7) is 0. The zero-order valence-corrected chi connectivity index (χ0v) is 10.4. The first-order valence-electron chi connectivity index (χ1n) is 5.85. The molecule has 2 fully saturated rings. The summed E-state index contributed by atoms with van der Waals surface area (Å²) in [5.74, 6) is 0.171. The van der Waals surface area contributed by atoms with Crippen LogP contribution in [0.15, 0.2) is 0 Å². The molecule has 1 saturated heterocycles. The van der Waals surface area contributed by atoms with Crippen molar-refractivity contribution < 1.29 is 14.6 Å². The van der Waals surface area contributed by atoms with Gasteiger partial charge in [0, 0.05) is 7.11 Å². The Balaban J connectivity index is 2.12. The molecule has 1 heterocycles. The van der Waals surface area contributed by atoms with Crippen LogP contribution in [0.1, 0.15) is 32.1 Å². The molecule has 0 aromatic carbocycles. The van der Waals surface area contributed by atoms with Crippen molar-refractivity contribution in [2.75, 3.05) is 12.9 Å². The van der Waals surface area contributed by atoms with Gasteiger partial charge in [0.2, 0.25) is 0 Å². The Hall–Kier alpha value is -0.260. The molecule has 3 unspecified atom stereocenters. The first kappa shape index (κ1) is 12.2. The highest BCUT2D eigenvalue weighted by molar-refractivity contribution is 8.00. The van der Waals surface area contributed by atoms with Gasteiger partial charge in [-0.05, 0) is 25.0 Å². The molecule has 2 N–H and O–H groups in total. The Labute approximate surface area is 100 Å². The Morgan fingerprint density at radius 1 is 1.50 bits per heavy atom. The molecule has 16 heavy (non-hydrogen) atoms. The van der Waals surface area contributed by atoms with Crippen molar-refractivity contribution in [1.29, 1.82) is 0 Å². The molecular formula is C11H19NO3S. The third-order valence-electron chi connectivity index (χ3n) is 3.55. The number of nitrogens with one attached hydrogen (secondary N) is 1. The predicted molar refractivity (Wildman–Crippen MR) is 63.6 cm³/mol. The topological polar surface area (TPSA) is 58.6 Å². The number of thioether (sulfide) groups is 1. The molecule has 0 radical (unpaired) electrons. The van der Waals surface area contributed by atoms with E-state index in [1.807, 2.05) is 11.8 Å². The zero-order chi connectivity index (χ0) is 11.6. The van der Waals surface area contributed by atoms with Crippen LogP contribution in [0, 0.1) is 0 Å². The van der Waals surface area contributed by atoms with Crippen LogP contribution in [0.25, 0.3) is 0 Å². The highest BCUT2D eigenvalue weighted by Crippen LogP contribution is 2.42. The average Bonchev–Trinajstić information content (AvgIpc) is 2.30. The van der Waals surface area contributed by atoms with Gasteiger partial charge in [-0.1, -0.05) is 12.8 Å². The van der Waals surface area contributed by atoms with Gasteiger partial charge in [-0.2, -0.15) is 0 Å². The van der Waals surface area contributed by atoms with Crippen molar-refractivity contribution in [1.82, 2.24) is 5.32 Å². The van der Waals surface area contributed by atoms with Crippen LogP contribution in [-0.4, -0.2) is 41.0 Å². The summed E-state index contributed by atoms with van der Waals surface area (Å²) in [7, 11) is 1.73. The second-order valence-corrected chi connectivity index (χ2v) is 5.96.